The summed E-state index contributed by atoms with van der Waals surface area (Å²) in [6.45, 7) is 0.823. The summed E-state index contributed by atoms with van der Waals surface area (Å²) in [5, 5.41) is 0.744. The minimum Gasteiger partial charge on any atom is -0.493 e. The van der Waals surface area contributed by atoms with E-state index in [-0.39, 0.29) is 4.83 Å². The second-order valence-corrected chi connectivity index (χ2v) is 7.05. The van der Waals surface area contributed by atoms with Gasteiger partial charge < -0.3 is 4.74 Å². The standard InChI is InChI=1S/C16H13Br2ClO/c17-14-5-4-12(19)9-13(14)16(18)11-3-6-15-10(8-11)2-1-7-20-15/h3-6,8-9,16H,1-2,7H2. The summed E-state index contributed by atoms with van der Waals surface area (Å²) in [7, 11) is 0. The van der Waals surface area contributed by atoms with Crippen LogP contribution in [-0.4, -0.2) is 6.61 Å². The van der Waals surface area contributed by atoms with Crippen LogP contribution in [-0.2, 0) is 6.42 Å². The molecule has 1 nitrogen and oxygen atoms in total. The molecule has 0 radical (unpaired) electrons. The van der Waals surface area contributed by atoms with E-state index in [1.807, 2.05) is 18.2 Å². The zero-order valence-electron chi connectivity index (χ0n) is 10.7. The minimum absolute atomic E-state index is 0.114. The summed E-state index contributed by atoms with van der Waals surface area (Å²) in [6.07, 6.45) is 2.17. The molecule has 1 atom stereocenters. The van der Waals surface area contributed by atoms with Crippen LogP contribution in [0.15, 0.2) is 40.9 Å². The molecular weight excluding hydrogens is 403 g/mol. The van der Waals surface area contributed by atoms with E-state index in [1.54, 1.807) is 0 Å². The molecule has 0 amide bonds. The van der Waals surface area contributed by atoms with Crippen molar-refractivity contribution in [1.82, 2.24) is 0 Å². The van der Waals surface area contributed by atoms with E-state index in [4.69, 9.17) is 16.3 Å². The molecule has 4 heteroatoms. The van der Waals surface area contributed by atoms with Gasteiger partial charge in [0.25, 0.3) is 0 Å². The fourth-order valence-corrected chi connectivity index (χ4v) is 4.05. The van der Waals surface area contributed by atoms with Gasteiger partial charge in [-0.05, 0) is 53.8 Å². The smallest absolute Gasteiger partial charge is 0.122 e. The van der Waals surface area contributed by atoms with Crippen LogP contribution in [0.3, 0.4) is 0 Å². The number of halogens is 3. The topological polar surface area (TPSA) is 9.23 Å². The molecule has 0 bridgehead atoms. The Hall–Kier alpha value is -0.510. The zero-order chi connectivity index (χ0) is 14.1. The Kier molecular flexibility index (Phi) is 4.39. The molecule has 0 saturated heterocycles. The molecule has 0 saturated carbocycles. The largest absolute Gasteiger partial charge is 0.493 e. The third-order valence-corrected chi connectivity index (χ3v) is 5.44. The van der Waals surface area contributed by atoms with Gasteiger partial charge >= 0.3 is 0 Å². The average molecular weight is 417 g/mol. The van der Waals surface area contributed by atoms with Crippen molar-refractivity contribution in [3.8, 4) is 5.75 Å². The Morgan fingerprint density at radius 2 is 2.00 bits per heavy atom. The third kappa shape index (κ3) is 2.90. The highest BCUT2D eigenvalue weighted by molar-refractivity contribution is 9.11. The number of benzene rings is 2. The van der Waals surface area contributed by atoms with E-state index < -0.39 is 0 Å². The minimum atomic E-state index is 0.114. The Morgan fingerprint density at radius 3 is 2.85 bits per heavy atom. The maximum atomic E-state index is 6.10. The van der Waals surface area contributed by atoms with Gasteiger partial charge in [0.2, 0.25) is 0 Å². The highest BCUT2D eigenvalue weighted by atomic mass is 79.9. The van der Waals surface area contributed by atoms with Gasteiger partial charge in [0.1, 0.15) is 5.75 Å². The fourth-order valence-electron chi connectivity index (χ4n) is 2.43. The van der Waals surface area contributed by atoms with Crippen molar-refractivity contribution in [2.24, 2.45) is 0 Å². The van der Waals surface area contributed by atoms with Gasteiger partial charge in [-0.15, -0.1) is 0 Å². The molecule has 1 unspecified atom stereocenters. The summed E-state index contributed by atoms with van der Waals surface area (Å²) in [6, 6.07) is 12.2. The molecule has 20 heavy (non-hydrogen) atoms. The second kappa shape index (κ2) is 6.08. The second-order valence-electron chi connectivity index (χ2n) is 4.85. The first kappa shape index (κ1) is 14.4. The summed E-state index contributed by atoms with van der Waals surface area (Å²) >= 11 is 13.5. The predicted octanol–water partition coefficient (Wildman–Crippen LogP) is 5.91. The first-order chi connectivity index (χ1) is 9.65. The number of hydrogen-bond acceptors (Lipinski definition) is 1. The van der Waals surface area contributed by atoms with Crippen LogP contribution in [0.4, 0.5) is 0 Å². The molecule has 0 N–H and O–H groups in total. The van der Waals surface area contributed by atoms with Crippen molar-refractivity contribution in [2.45, 2.75) is 17.7 Å². The van der Waals surface area contributed by atoms with E-state index >= 15 is 0 Å². The Bertz CT molecular complexity index is 642. The first-order valence-corrected chi connectivity index (χ1v) is 8.58. The van der Waals surface area contributed by atoms with Gasteiger partial charge in [-0.25, -0.2) is 0 Å². The van der Waals surface area contributed by atoms with Crippen LogP contribution in [0.2, 0.25) is 5.02 Å². The SMILES string of the molecule is Clc1ccc(Br)c(C(Br)c2ccc3c(c2)CCCO3)c1. The lowest BCUT2D eigenvalue weighted by molar-refractivity contribution is 0.288. The normalized spacial score (nSPS) is 15.3. The lowest BCUT2D eigenvalue weighted by Gasteiger charge is -2.20. The summed E-state index contributed by atoms with van der Waals surface area (Å²) in [5.41, 5.74) is 3.64. The summed E-state index contributed by atoms with van der Waals surface area (Å²) in [4.78, 5) is 0.114. The number of aryl methyl sites for hydroxylation is 1. The van der Waals surface area contributed by atoms with Crippen molar-refractivity contribution in [3.05, 3.63) is 62.6 Å². The number of ether oxygens (including phenoxy) is 1. The van der Waals surface area contributed by atoms with Crippen LogP contribution in [0.5, 0.6) is 5.75 Å². The quantitative estimate of drug-likeness (QED) is 0.553. The molecule has 1 heterocycles. The highest BCUT2D eigenvalue weighted by Gasteiger charge is 2.17. The van der Waals surface area contributed by atoms with E-state index in [1.165, 1.54) is 11.1 Å². The summed E-state index contributed by atoms with van der Waals surface area (Å²) in [5.74, 6) is 1.02. The van der Waals surface area contributed by atoms with Crippen molar-refractivity contribution in [2.75, 3.05) is 6.61 Å². The van der Waals surface area contributed by atoms with Crippen LogP contribution in [0.25, 0.3) is 0 Å². The van der Waals surface area contributed by atoms with E-state index in [0.29, 0.717) is 0 Å². The fraction of sp³-hybridized carbons (Fsp3) is 0.250. The van der Waals surface area contributed by atoms with Crippen molar-refractivity contribution < 1.29 is 4.74 Å². The molecule has 0 aromatic heterocycles. The van der Waals surface area contributed by atoms with Crippen LogP contribution >= 0.6 is 43.5 Å². The maximum Gasteiger partial charge on any atom is 0.122 e. The molecule has 1 aliphatic rings. The number of rotatable bonds is 2. The highest BCUT2D eigenvalue weighted by Crippen LogP contribution is 2.38. The molecular formula is C16H13Br2ClO. The van der Waals surface area contributed by atoms with Gasteiger partial charge in [0.05, 0.1) is 11.4 Å². The van der Waals surface area contributed by atoms with Gasteiger partial charge in [-0.1, -0.05) is 55.6 Å². The lowest BCUT2D eigenvalue weighted by Crippen LogP contribution is -2.09. The predicted molar refractivity (Wildman–Crippen MR) is 90.2 cm³/mol. The van der Waals surface area contributed by atoms with Gasteiger partial charge in [0, 0.05) is 9.50 Å². The zero-order valence-corrected chi connectivity index (χ0v) is 14.6. The van der Waals surface area contributed by atoms with Crippen molar-refractivity contribution in [1.29, 1.82) is 0 Å². The Labute approximate surface area is 140 Å². The molecule has 2 aromatic rings. The van der Waals surface area contributed by atoms with Crippen LogP contribution in [0, 0.1) is 0 Å². The lowest BCUT2D eigenvalue weighted by atomic mass is 9.99. The van der Waals surface area contributed by atoms with E-state index in [2.05, 4.69) is 50.1 Å². The van der Waals surface area contributed by atoms with Gasteiger partial charge in [0.15, 0.2) is 0 Å². The summed E-state index contributed by atoms with van der Waals surface area (Å²) < 4.78 is 6.71. The van der Waals surface area contributed by atoms with Crippen LogP contribution in [0.1, 0.15) is 27.9 Å². The number of hydrogen-bond donors (Lipinski definition) is 0. The molecule has 0 spiro atoms. The number of fused-ring (bicyclic) bond motifs is 1. The molecule has 3 rings (SSSR count). The van der Waals surface area contributed by atoms with Gasteiger partial charge in [-0.3, -0.25) is 0 Å². The molecule has 0 fully saturated rings. The third-order valence-electron chi connectivity index (χ3n) is 3.46. The maximum absolute atomic E-state index is 6.10. The van der Waals surface area contributed by atoms with E-state index in [9.17, 15) is 0 Å². The Balaban J connectivity index is 1.97. The molecule has 1 aliphatic heterocycles. The Morgan fingerprint density at radius 1 is 1.15 bits per heavy atom. The number of alkyl halides is 1. The molecule has 2 aromatic carbocycles. The first-order valence-electron chi connectivity index (χ1n) is 6.50. The monoisotopic (exact) mass is 414 g/mol. The van der Waals surface area contributed by atoms with Crippen molar-refractivity contribution in [3.63, 3.8) is 0 Å². The molecule has 0 aliphatic carbocycles. The van der Waals surface area contributed by atoms with Gasteiger partial charge in [-0.2, -0.15) is 0 Å². The van der Waals surface area contributed by atoms with Crippen LogP contribution < -0.4 is 4.74 Å². The molecule has 104 valence electrons. The average Bonchev–Trinajstić information content (AvgIpc) is 2.48. The van der Waals surface area contributed by atoms with E-state index in [0.717, 1.165) is 40.3 Å². The van der Waals surface area contributed by atoms with Crippen molar-refractivity contribution >= 4 is 43.5 Å².